The van der Waals surface area contributed by atoms with Gasteiger partial charge in [-0.3, -0.25) is 0 Å². The predicted octanol–water partition coefficient (Wildman–Crippen LogP) is 0.201. The fourth-order valence-electron chi connectivity index (χ4n) is 1.90. The first-order valence-corrected chi connectivity index (χ1v) is 6.30. The minimum absolute atomic E-state index is 0.634. The molecule has 0 atom stereocenters. The van der Waals surface area contributed by atoms with Crippen molar-refractivity contribution in [1.82, 2.24) is 15.5 Å². The molecule has 1 saturated carbocycles. The highest BCUT2D eigenvalue weighted by molar-refractivity contribution is 5.24. The van der Waals surface area contributed by atoms with Gasteiger partial charge in [0.1, 0.15) is 0 Å². The van der Waals surface area contributed by atoms with Gasteiger partial charge in [0.2, 0.25) is 5.89 Å². The molecule has 0 bridgehead atoms. The number of nitrogens with one attached hydrogen (secondary N) is 1. The summed E-state index contributed by atoms with van der Waals surface area (Å²) in [5, 5.41) is 11.6. The third-order valence-electron chi connectivity index (χ3n) is 3.09. The van der Waals surface area contributed by atoms with Crippen molar-refractivity contribution >= 4 is 6.01 Å². The van der Waals surface area contributed by atoms with Gasteiger partial charge in [0.25, 0.3) is 0 Å². The molecule has 17 heavy (non-hydrogen) atoms. The molecule has 0 radical (unpaired) electrons. The molecule has 1 aromatic rings. The summed E-state index contributed by atoms with van der Waals surface area (Å²) < 4.78 is 10.9. The maximum atomic E-state index is 5.63. The molecule has 2 fully saturated rings. The zero-order chi connectivity index (χ0) is 11.5. The first-order valence-electron chi connectivity index (χ1n) is 6.30. The Hall–Kier alpha value is -1.14. The van der Waals surface area contributed by atoms with E-state index in [1.54, 1.807) is 0 Å². The number of hydrogen-bond acceptors (Lipinski definition) is 6. The first-order chi connectivity index (χ1) is 8.42. The lowest BCUT2D eigenvalue weighted by Gasteiger charge is -2.24. The van der Waals surface area contributed by atoms with Crippen molar-refractivity contribution < 1.29 is 9.15 Å². The fraction of sp³-hybridized carbons (Fsp3) is 0.818. The Bertz CT molecular complexity index is 358. The molecule has 0 aromatic carbocycles. The lowest BCUT2D eigenvalue weighted by atomic mass is 10.4. The van der Waals surface area contributed by atoms with Crippen molar-refractivity contribution in [3.8, 4) is 0 Å². The van der Waals surface area contributed by atoms with E-state index in [9.17, 15) is 0 Å². The summed E-state index contributed by atoms with van der Waals surface area (Å²) in [5.41, 5.74) is 0. The van der Waals surface area contributed by atoms with Gasteiger partial charge in [0, 0.05) is 32.1 Å². The van der Waals surface area contributed by atoms with E-state index in [1.165, 1.54) is 12.8 Å². The van der Waals surface area contributed by atoms with E-state index in [4.69, 9.17) is 9.15 Å². The number of aromatic nitrogens is 2. The average Bonchev–Trinajstić information content (AvgIpc) is 3.07. The molecule has 0 spiro atoms. The average molecular weight is 238 g/mol. The van der Waals surface area contributed by atoms with Gasteiger partial charge < -0.3 is 19.4 Å². The molecule has 1 aromatic heterocycles. The first kappa shape index (κ1) is 11.0. The highest BCUT2D eigenvalue weighted by Crippen LogP contribution is 2.18. The third-order valence-corrected chi connectivity index (χ3v) is 3.09. The van der Waals surface area contributed by atoms with Gasteiger partial charge >= 0.3 is 6.01 Å². The van der Waals surface area contributed by atoms with Crippen LogP contribution in [0.4, 0.5) is 6.01 Å². The number of anilines is 1. The second kappa shape index (κ2) is 5.01. The predicted molar refractivity (Wildman–Crippen MR) is 62.1 cm³/mol. The standard InChI is InChI=1S/C11H18N4O2/c1-2-9(1)12-4-3-10-13-14-11(17-10)15-5-7-16-8-6-15/h9,12H,1-8H2. The Kier molecular flexibility index (Phi) is 3.24. The molecule has 2 aliphatic rings. The molecule has 0 amide bonds. The molecule has 1 aliphatic heterocycles. The minimum atomic E-state index is 0.634. The van der Waals surface area contributed by atoms with Crippen LogP contribution in [0.3, 0.4) is 0 Å². The van der Waals surface area contributed by atoms with Crippen LogP contribution in [-0.2, 0) is 11.2 Å². The van der Waals surface area contributed by atoms with Crippen LogP contribution >= 0.6 is 0 Å². The number of rotatable bonds is 5. The van der Waals surface area contributed by atoms with Crippen molar-refractivity contribution in [3.63, 3.8) is 0 Å². The Balaban J connectivity index is 1.49. The van der Waals surface area contributed by atoms with Gasteiger partial charge in [-0.15, -0.1) is 5.10 Å². The van der Waals surface area contributed by atoms with Crippen LogP contribution < -0.4 is 10.2 Å². The smallest absolute Gasteiger partial charge is 0.318 e. The molecular formula is C11H18N4O2. The summed E-state index contributed by atoms with van der Waals surface area (Å²) >= 11 is 0. The van der Waals surface area contributed by atoms with Crippen LogP contribution in [0.25, 0.3) is 0 Å². The summed E-state index contributed by atoms with van der Waals surface area (Å²) in [6.07, 6.45) is 3.43. The quantitative estimate of drug-likeness (QED) is 0.790. The van der Waals surface area contributed by atoms with Crippen LogP contribution in [0.5, 0.6) is 0 Å². The lowest BCUT2D eigenvalue weighted by molar-refractivity contribution is 0.120. The number of nitrogens with zero attached hydrogens (tertiary/aromatic N) is 3. The second-order valence-corrected chi connectivity index (χ2v) is 4.56. The maximum Gasteiger partial charge on any atom is 0.318 e. The van der Waals surface area contributed by atoms with Crippen molar-refractivity contribution in [3.05, 3.63) is 5.89 Å². The van der Waals surface area contributed by atoms with Gasteiger partial charge in [0.05, 0.1) is 13.2 Å². The van der Waals surface area contributed by atoms with E-state index in [0.29, 0.717) is 6.01 Å². The normalized spacial score (nSPS) is 20.8. The molecule has 1 N–H and O–H groups in total. The molecule has 2 heterocycles. The SMILES string of the molecule is C(Cc1nnc(N2CCOCC2)o1)NC1CC1. The monoisotopic (exact) mass is 238 g/mol. The van der Waals surface area contributed by atoms with Gasteiger partial charge in [0.15, 0.2) is 0 Å². The molecule has 1 aliphatic carbocycles. The number of ether oxygens (including phenoxy) is 1. The summed E-state index contributed by atoms with van der Waals surface area (Å²) in [4.78, 5) is 2.08. The van der Waals surface area contributed by atoms with Crippen LogP contribution in [0.1, 0.15) is 18.7 Å². The summed E-state index contributed by atoms with van der Waals surface area (Å²) in [6.45, 7) is 4.07. The van der Waals surface area contributed by atoms with Crippen LogP contribution in [-0.4, -0.2) is 49.1 Å². The van der Waals surface area contributed by atoms with Gasteiger partial charge in [-0.2, -0.15) is 0 Å². The van der Waals surface area contributed by atoms with E-state index in [0.717, 1.165) is 51.2 Å². The molecule has 3 rings (SSSR count). The molecule has 6 heteroatoms. The van der Waals surface area contributed by atoms with Gasteiger partial charge in [-0.05, 0) is 12.8 Å². The zero-order valence-corrected chi connectivity index (χ0v) is 9.89. The van der Waals surface area contributed by atoms with E-state index < -0.39 is 0 Å². The second-order valence-electron chi connectivity index (χ2n) is 4.56. The van der Waals surface area contributed by atoms with Crippen LogP contribution in [0, 0.1) is 0 Å². The Morgan fingerprint density at radius 1 is 1.24 bits per heavy atom. The zero-order valence-electron chi connectivity index (χ0n) is 9.89. The fourth-order valence-corrected chi connectivity index (χ4v) is 1.90. The summed E-state index contributed by atoms with van der Waals surface area (Å²) in [7, 11) is 0. The third kappa shape index (κ3) is 2.95. The highest BCUT2D eigenvalue weighted by Gasteiger charge is 2.21. The molecule has 6 nitrogen and oxygen atoms in total. The maximum absolute atomic E-state index is 5.63. The van der Waals surface area contributed by atoms with Crippen LogP contribution in [0.15, 0.2) is 4.42 Å². The summed E-state index contributed by atoms with van der Waals surface area (Å²) in [6, 6.07) is 1.37. The molecular weight excluding hydrogens is 220 g/mol. The Labute approximate surface area is 100 Å². The van der Waals surface area contributed by atoms with Crippen molar-refractivity contribution in [2.75, 3.05) is 37.7 Å². The van der Waals surface area contributed by atoms with E-state index in [1.807, 2.05) is 0 Å². The minimum Gasteiger partial charge on any atom is -0.408 e. The van der Waals surface area contributed by atoms with Crippen LogP contribution in [0.2, 0.25) is 0 Å². The number of morpholine rings is 1. The Morgan fingerprint density at radius 3 is 2.82 bits per heavy atom. The largest absolute Gasteiger partial charge is 0.408 e. The van der Waals surface area contributed by atoms with Crippen molar-refractivity contribution in [2.24, 2.45) is 0 Å². The lowest BCUT2D eigenvalue weighted by Crippen LogP contribution is -2.36. The summed E-state index contributed by atoms with van der Waals surface area (Å²) in [5.74, 6) is 0.722. The topological polar surface area (TPSA) is 63.4 Å². The van der Waals surface area contributed by atoms with Gasteiger partial charge in [-0.1, -0.05) is 5.10 Å². The molecule has 94 valence electrons. The van der Waals surface area contributed by atoms with Gasteiger partial charge in [-0.25, -0.2) is 0 Å². The Morgan fingerprint density at radius 2 is 2.06 bits per heavy atom. The molecule has 1 saturated heterocycles. The molecule has 0 unspecified atom stereocenters. The van der Waals surface area contributed by atoms with E-state index in [-0.39, 0.29) is 0 Å². The highest BCUT2D eigenvalue weighted by atomic mass is 16.5. The van der Waals surface area contributed by atoms with Crippen molar-refractivity contribution in [2.45, 2.75) is 25.3 Å². The van der Waals surface area contributed by atoms with Crippen molar-refractivity contribution in [1.29, 1.82) is 0 Å². The number of hydrogen-bond donors (Lipinski definition) is 1. The van der Waals surface area contributed by atoms with E-state index >= 15 is 0 Å². The van der Waals surface area contributed by atoms with E-state index in [2.05, 4.69) is 20.4 Å².